The molecule has 3 heteroatoms. The Labute approximate surface area is 56.1 Å². The van der Waals surface area contributed by atoms with Gasteiger partial charge in [0.25, 0.3) is 0 Å². The van der Waals surface area contributed by atoms with Crippen molar-refractivity contribution in [2.45, 2.75) is 26.8 Å². The van der Waals surface area contributed by atoms with Crippen molar-refractivity contribution in [3.8, 4) is 0 Å². The molecule has 0 bridgehead atoms. The van der Waals surface area contributed by atoms with Crippen molar-refractivity contribution >= 4 is 0 Å². The molecule has 0 aliphatic rings. The zero-order valence-corrected chi connectivity index (χ0v) is 5.54. The van der Waals surface area contributed by atoms with E-state index in [-0.39, 0.29) is 0 Å². The Hall–Kier alpha value is -0.860. The van der Waals surface area contributed by atoms with E-state index in [4.69, 9.17) is 1.37 Å². The van der Waals surface area contributed by atoms with Crippen molar-refractivity contribution in [1.82, 2.24) is 15.0 Å². The van der Waals surface area contributed by atoms with Crippen molar-refractivity contribution in [2.24, 2.45) is 0 Å². The normalized spacial score (nSPS) is 11.4. The minimum absolute atomic E-state index is 0.391. The second-order valence-electron chi connectivity index (χ2n) is 1.82. The van der Waals surface area contributed by atoms with Crippen LogP contribution < -0.4 is 0 Å². The van der Waals surface area contributed by atoms with Crippen LogP contribution in [0.4, 0.5) is 0 Å². The molecule has 50 valence electrons. The van der Waals surface area contributed by atoms with Gasteiger partial charge < -0.3 is 0 Å². The van der Waals surface area contributed by atoms with Gasteiger partial charge in [-0.2, -0.15) is 0 Å². The third-order valence-electron chi connectivity index (χ3n) is 1.17. The van der Waals surface area contributed by atoms with Crippen molar-refractivity contribution in [2.75, 3.05) is 0 Å². The van der Waals surface area contributed by atoms with Crippen molar-refractivity contribution in [3.63, 3.8) is 0 Å². The third-order valence-corrected chi connectivity index (χ3v) is 1.17. The first-order valence-corrected chi connectivity index (χ1v) is 3.05. The van der Waals surface area contributed by atoms with Gasteiger partial charge in [-0.05, 0) is 13.3 Å². The standard InChI is InChI=1S/C6H11N3/c1-3-6-5-9(4-2)8-7-6/h5H,3-4H2,1-2H3/i1D. The molecule has 1 aromatic heterocycles. The van der Waals surface area contributed by atoms with Crippen molar-refractivity contribution in [3.05, 3.63) is 11.9 Å². The van der Waals surface area contributed by atoms with E-state index in [1.807, 2.05) is 13.1 Å². The molecule has 1 heterocycles. The molecule has 0 radical (unpaired) electrons. The van der Waals surface area contributed by atoms with Crippen LogP contribution in [-0.4, -0.2) is 15.0 Å². The Bertz CT molecular complexity index is 197. The van der Waals surface area contributed by atoms with E-state index in [1.54, 1.807) is 4.68 Å². The van der Waals surface area contributed by atoms with E-state index in [0.29, 0.717) is 13.3 Å². The average molecular weight is 126 g/mol. The quantitative estimate of drug-likeness (QED) is 0.588. The SMILES string of the molecule is [2H]CCc1cn(CC)nn1. The number of nitrogens with zero attached hydrogens (tertiary/aromatic N) is 3. The molecule has 0 spiro atoms. The molecule has 1 aromatic rings. The molecule has 0 fully saturated rings. The predicted molar refractivity (Wildman–Crippen MR) is 35.1 cm³/mol. The van der Waals surface area contributed by atoms with Crippen LogP contribution in [0, 0.1) is 0 Å². The van der Waals surface area contributed by atoms with Crippen LogP contribution in [0.15, 0.2) is 6.20 Å². The largest absolute Gasteiger partial charge is 0.253 e. The molecule has 9 heavy (non-hydrogen) atoms. The predicted octanol–water partition coefficient (Wildman–Crippen LogP) is 0.860. The molecule has 0 amide bonds. The first-order chi connectivity index (χ1) is 4.86. The summed E-state index contributed by atoms with van der Waals surface area (Å²) >= 11 is 0. The highest BCUT2D eigenvalue weighted by Gasteiger charge is 1.92. The zero-order chi connectivity index (χ0) is 7.40. The van der Waals surface area contributed by atoms with E-state index in [9.17, 15) is 0 Å². The summed E-state index contributed by atoms with van der Waals surface area (Å²) in [5, 5.41) is 7.71. The van der Waals surface area contributed by atoms with Gasteiger partial charge in [0.2, 0.25) is 0 Å². The number of aryl methyl sites for hydroxylation is 2. The number of hydrogen-bond acceptors (Lipinski definition) is 2. The number of hydrogen-bond donors (Lipinski definition) is 0. The Balaban J connectivity index is 2.59. The van der Waals surface area contributed by atoms with Gasteiger partial charge in [-0.3, -0.25) is 4.68 Å². The molecular weight excluding hydrogens is 114 g/mol. The van der Waals surface area contributed by atoms with E-state index >= 15 is 0 Å². The summed E-state index contributed by atoms with van der Waals surface area (Å²) < 4.78 is 8.70. The van der Waals surface area contributed by atoms with Gasteiger partial charge in [0, 0.05) is 14.1 Å². The van der Waals surface area contributed by atoms with E-state index in [0.717, 1.165) is 12.2 Å². The summed E-state index contributed by atoms with van der Waals surface area (Å²) in [5.74, 6) is 0. The molecule has 0 atom stereocenters. The lowest BCUT2D eigenvalue weighted by atomic mass is 10.4. The summed E-state index contributed by atoms with van der Waals surface area (Å²) in [6, 6.07) is 0. The average Bonchev–Trinajstić information content (AvgIpc) is 2.37. The smallest absolute Gasteiger partial charge is 0.0824 e. The maximum absolute atomic E-state index is 6.93. The third kappa shape index (κ3) is 1.28. The fourth-order valence-corrected chi connectivity index (χ4v) is 0.608. The van der Waals surface area contributed by atoms with Crippen LogP contribution in [0.1, 0.15) is 20.9 Å². The maximum atomic E-state index is 6.93. The Morgan fingerprint density at radius 3 is 3.33 bits per heavy atom. The van der Waals surface area contributed by atoms with Crippen LogP contribution in [0.25, 0.3) is 0 Å². The van der Waals surface area contributed by atoms with Crippen LogP contribution in [-0.2, 0) is 13.0 Å². The highest BCUT2D eigenvalue weighted by atomic mass is 15.4. The van der Waals surface area contributed by atoms with Crippen LogP contribution in [0.5, 0.6) is 0 Å². The maximum Gasteiger partial charge on any atom is 0.0824 e. The van der Waals surface area contributed by atoms with E-state index in [2.05, 4.69) is 10.3 Å². The molecule has 0 N–H and O–H groups in total. The summed E-state index contributed by atoms with van der Waals surface area (Å²) in [4.78, 5) is 0. The topological polar surface area (TPSA) is 30.7 Å². The monoisotopic (exact) mass is 126 g/mol. The highest BCUT2D eigenvalue weighted by molar-refractivity contribution is 4.90. The number of rotatable bonds is 2. The molecule has 0 unspecified atom stereocenters. The first kappa shape index (κ1) is 4.97. The van der Waals surface area contributed by atoms with Gasteiger partial charge in [-0.25, -0.2) is 0 Å². The molecule has 0 aliphatic heterocycles. The van der Waals surface area contributed by atoms with Gasteiger partial charge in [0.05, 0.1) is 5.69 Å². The molecule has 0 saturated carbocycles. The van der Waals surface area contributed by atoms with Crippen molar-refractivity contribution in [1.29, 1.82) is 0 Å². The molecular formula is C6H11N3. The lowest BCUT2D eigenvalue weighted by molar-refractivity contribution is 0.626. The Morgan fingerprint density at radius 2 is 2.78 bits per heavy atom. The number of aromatic nitrogens is 3. The minimum Gasteiger partial charge on any atom is -0.253 e. The Morgan fingerprint density at radius 1 is 1.89 bits per heavy atom. The summed E-state index contributed by atoms with van der Waals surface area (Å²) in [6.45, 7) is 3.26. The lowest BCUT2D eigenvalue weighted by Gasteiger charge is -1.86. The lowest BCUT2D eigenvalue weighted by Crippen LogP contribution is -1.93. The van der Waals surface area contributed by atoms with Gasteiger partial charge in [-0.15, -0.1) is 5.10 Å². The van der Waals surface area contributed by atoms with Gasteiger partial charge in [0.15, 0.2) is 0 Å². The van der Waals surface area contributed by atoms with Gasteiger partial charge in [-0.1, -0.05) is 12.1 Å². The Kier molecular flexibility index (Phi) is 1.44. The summed E-state index contributed by atoms with van der Waals surface area (Å²) in [6.07, 6.45) is 2.59. The second kappa shape index (κ2) is 2.62. The van der Waals surface area contributed by atoms with Gasteiger partial charge in [0.1, 0.15) is 0 Å². The highest BCUT2D eigenvalue weighted by Crippen LogP contribution is 1.91. The molecule has 3 nitrogen and oxygen atoms in total. The van der Waals surface area contributed by atoms with E-state index in [1.165, 1.54) is 0 Å². The minimum atomic E-state index is 0.391. The van der Waals surface area contributed by atoms with Crippen molar-refractivity contribution < 1.29 is 1.37 Å². The molecule has 0 aliphatic carbocycles. The molecule has 1 rings (SSSR count). The van der Waals surface area contributed by atoms with Crippen LogP contribution in [0.2, 0.25) is 0 Å². The fraction of sp³-hybridized carbons (Fsp3) is 0.667. The fourth-order valence-electron chi connectivity index (χ4n) is 0.608. The summed E-state index contributed by atoms with van der Waals surface area (Å²) in [5.41, 5.74) is 0.914. The van der Waals surface area contributed by atoms with Gasteiger partial charge >= 0.3 is 0 Å². The zero-order valence-electron chi connectivity index (χ0n) is 6.54. The van der Waals surface area contributed by atoms with Crippen LogP contribution in [0.3, 0.4) is 0 Å². The molecule has 0 saturated heterocycles. The second-order valence-corrected chi connectivity index (χ2v) is 1.82. The summed E-state index contributed by atoms with van der Waals surface area (Å²) in [7, 11) is 0. The van der Waals surface area contributed by atoms with E-state index < -0.39 is 0 Å². The van der Waals surface area contributed by atoms with Crippen LogP contribution >= 0.6 is 0 Å². The molecule has 0 aromatic carbocycles. The first-order valence-electron chi connectivity index (χ1n) is 3.75.